The van der Waals surface area contributed by atoms with E-state index in [9.17, 15) is 8.42 Å². The molecule has 0 saturated carbocycles. The maximum Gasteiger partial charge on any atom is 0.211 e. The second-order valence-electron chi connectivity index (χ2n) is 4.56. The molecule has 2 N–H and O–H groups in total. The summed E-state index contributed by atoms with van der Waals surface area (Å²) in [7, 11) is -3.15. The van der Waals surface area contributed by atoms with Crippen LogP contribution in [0.1, 0.15) is 19.3 Å². The van der Waals surface area contributed by atoms with Gasteiger partial charge in [0, 0.05) is 6.54 Å². The molecule has 0 radical (unpaired) electrons. The minimum atomic E-state index is -3.15. The lowest BCUT2D eigenvalue weighted by molar-refractivity contribution is 0.144. The summed E-state index contributed by atoms with van der Waals surface area (Å²) in [6.45, 7) is 6.79. The third kappa shape index (κ3) is 7.10. The fourth-order valence-corrected chi connectivity index (χ4v) is 3.42. The summed E-state index contributed by atoms with van der Waals surface area (Å²) in [5, 5.41) is 3.23. The van der Waals surface area contributed by atoms with Gasteiger partial charge >= 0.3 is 0 Å². The quantitative estimate of drug-likeness (QED) is 0.475. The molecule has 6 heteroatoms. The summed E-state index contributed by atoms with van der Waals surface area (Å²) in [6, 6.07) is 0. The van der Waals surface area contributed by atoms with Crippen LogP contribution in [0.4, 0.5) is 0 Å². The van der Waals surface area contributed by atoms with Crippen molar-refractivity contribution in [1.82, 2.24) is 10.0 Å². The molecule has 0 unspecified atom stereocenters. The number of hydrogen-bond donors (Lipinski definition) is 2. The lowest BCUT2D eigenvalue weighted by Gasteiger charge is -2.22. The zero-order chi connectivity index (χ0) is 13.3. The van der Waals surface area contributed by atoms with Crippen LogP contribution < -0.4 is 10.0 Å². The van der Waals surface area contributed by atoms with E-state index in [-0.39, 0.29) is 11.7 Å². The number of piperidine rings is 1. The van der Waals surface area contributed by atoms with Gasteiger partial charge in [0.25, 0.3) is 0 Å². The standard InChI is InChI=1S/C12H24N2O3S/c1-2-3-9-17-10-8-14-18(15,16)11-12-4-6-13-7-5-12/h2,12-14H,1,3-11H2. The van der Waals surface area contributed by atoms with Gasteiger partial charge in [0.15, 0.2) is 0 Å². The van der Waals surface area contributed by atoms with Crippen molar-refractivity contribution in [3.63, 3.8) is 0 Å². The first-order chi connectivity index (χ1) is 8.64. The molecule has 0 aromatic rings. The van der Waals surface area contributed by atoms with Crippen molar-refractivity contribution < 1.29 is 13.2 Å². The van der Waals surface area contributed by atoms with E-state index in [1.807, 2.05) is 0 Å². The average molecular weight is 276 g/mol. The van der Waals surface area contributed by atoms with E-state index in [1.165, 1.54) is 0 Å². The molecule has 0 aliphatic carbocycles. The summed E-state index contributed by atoms with van der Waals surface area (Å²) in [5.74, 6) is 0.520. The Morgan fingerprint density at radius 2 is 2.06 bits per heavy atom. The maximum absolute atomic E-state index is 11.8. The molecule has 18 heavy (non-hydrogen) atoms. The highest BCUT2D eigenvalue weighted by Gasteiger charge is 2.20. The van der Waals surface area contributed by atoms with Crippen LogP contribution in [0, 0.1) is 5.92 Å². The topological polar surface area (TPSA) is 67.4 Å². The second-order valence-corrected chi connectivity index (χ2v) is 6.41. The summed E-state index contributed by atoms with van der Waals surface area (Å²) in [6.07, 6.45) is 4.45. The minimum Gasteiger partial charge on any atom is -0.380 e. The number of rotatable bonds is 9. The van der Waals surface area contributed by atoms with Crippen molar-refractivity contribution >= 4 is 10.0 Å². The molecule has 0 aromatic heterocycles. The maximum atomic E-state index is 11.8. The van der Waals surface area contributed by atoms with Crippen LogP contribution in [0.15, 0.2) is 12.7 Å². The minimum absolute atomic E-state index is 0.237. The van der Waals surface area contributed by atoms with Crippen molar-refractivity contribution in [2.75, 3.05) is 38.6 Å². The molecule has 5 nitrogen and oxygen atoms in total. The van der Waals surface area contributed by atoms with Crippen LogP contribution in [0.2, 0.25) is 0 Å². The van der Waals surface area contributed by atoms with E-state index in [0.717, 1.165) is 32.4 Å². The monoisotopic (exact) mass is 276 g/mol. The van der Waals surface area contributed by atoms with Gasteiger partial charge in [-0.2, -0.15) is 0 Å². The first kappa shape index (κ1) is 15.6. The largest absolute Gasteiger partial charge is 0.380 e. The third-order valence-electron chi connectivity index (χ3n) is 2.95. The Bertz CT molecular complexity index is 324. The first-order valence-electron chi connectivity index (χ1n) is 6.51. The van der Waals surface area contributed by atoms with Crippen molar-refractivity contribution in [1.29, 1.82) is 0 Å². The van der Waals surface area contributed by atoms with Gasteiger partial charge in [-0.3, -0.25) is 0 Å². The van der Waals surface area contributed by atoms with Crippen molar-refractivity contribution in [3.05, 3.63) is 12.7 Å². The van der Waals surface area contributed by atoms with Gasteiger partial charge in [-0.25, -0.2) is 13.1 Å². The van der Waals surface area contributed by atoms with Gasteiger partial charge in [0.1, 0.15) is 0 Å². The molecule has 1 fully saturated rings. The molecule has 1 aliphatic rings. The Kier molecular flexibility index (Phi) is 7.50. The van der Waals surface area contributed by atoms with Gasteiger partial charge in [-0.1, -0.05) is 6.08 Å². The lowest BCUT2D eigenvalue weighted by atomic mass is 10.0. The van der Waals surface area contributed by atoms with Crippen molar-refractivity contribution in [2.45, 2.75) is 19.3 Å². The Labute approximate surface area is 110 Å². The molecular formula is C12H24N2O3S. The van der Waals surface area contributed by atoms with Crippen LogP contribution in [0.3, 0.4) is 0 Å². The Balaban J connectivity index is 2.12. The number of ether oxygens (including phenoxy) is 1. The van der Waals surface area contributed by atoms with Gasteiger partial charge in [0.2, 0.25) is 10.0 Å². The molecule has 0 aromatic carbocycles. The molecule has 106 valence electrons. The van der Waals surface area contributed by atoms with Gasteiger partial charge < -0.3 is 10.1 Å². The molecule has 1 heterocycles. The molecule has 1 rings (SSSR count). The van der Waals surface area contributed by atoms with E-state index in [0.29, 0.717) is 19.8 Å². The number of nitrogens with one attached hydrogen (secondary N) is 2. The summed E-state index contributed by atoms with van der Waals surface area (Å²) in [4.78, 5) is 0. The fourth-order valence-electron chi connectivity index (χ4n) is 1.96. The summed E-state index contributed by atoms with van der Waals surface area (Å²) < 4.78 is 31.4. The van der Waals surface area contributed by atoms with E-state index < -0.39 is 10.0 Å². The smallest absolute Gasteiger partial charge is 0.211 e. The molecule has 1 saturated heterocycles. The SMILES string of the molecule is C=CCCOCCNS(=O)(=O)CC1CCNCC1. The van der Waals surface area contributed by atoms with Gasteiger partial charge in [-0.05, 0) is 38.3 Å². The third-order valence-corrected chi connectivity index (χ3v) is 4.50. The average Bonchev–Trinajstić information content (AvgIpc) is 2.34. The number of sulfonamides is 1. The van der Waals surface area contributed by atoms with Crippen LogP contribution in [-0.2, 0) is 14.8 Å². The van der Waals surface area contributed by atoms with Crippen LogP contribution in [-0.4, -0.2) is 47.0 Å². The first-order valence-corrected chi connectivity index (χ1v) is 8.16. The summed E-state index contributed by atoms with van der Waals surface area (Å²) >= 11 is 0. The van der Waals surface area contributed by atoms with E-state index in [4.69, 9.17) is 4.74 Å². The zero-order valence-corrected chi connectivity index (χ0v) is 11.7. The second kappa shape index (κ2) is 8.63. The van der Waals surface area contributed by atoms with Gasteiger partial charge in [-0.15, -0.1) is 6.58 Å². The van der Waals surface area contributed by atoms with Crippen molar-refractivity contribution in [3.8, 4) is 0 Å². The fraction of sp³-hybridized carbons (Fsp3) is 0.833. The number of hydrogen-bond acceptors (Lipinski definition) is 4. The van der Waals surface area contributed by atoms with E-state index >= 15 is 0 Å². The van der Waals surface area contributed by atoms with Crippen LogP contribution in [0.5, 0.6) is 0 Å². The highest BCUT2D eigenvalue weighted by Crippen LogP contribution is 2.13. The van der Waals surface area contributed by atoms with Crippen molar-refractivity contribution in [2.24, 2.45) is 5.92 Å². The van der Waals surface area contributed by atoms with Crippen LogP contribution in [0.25, 0.3) is 0 Å². The van der Waals surface area contributed by atoms with Gasteiger partial charge in [0.05, 0.1) is 19.0 Å². The van der Waals surface area contributed by atoms with E-state index in [1.54, 1.807) is 6.08 Å². The Morgan fingerprint density at radius 1 is 1.33 bits per heavy atom. The normalized spacial score (nSPS) is 17.8. The predicted octanol–water partition coefficient (Wildman–Crippen LogP) is 0.498. The molecule has 0 amide bonds. The lowest BCUT2D eigenvalue weighted by Crippen LogP contribution is -2.36. The molecular weight excluding hydrogens is 252 g/mol. The molecule has 0 bridgehead atoms. The molecule has 0 spiro atoms. The highest BCUT2D eigenvalue weighted by atomic mass is 32.2. The highest BCUT2D eigenvalue weighted by molar-refractivity contribution is 7.89. The van der Waals surface area contributed by atoms with E-state index in [2.05, 4.69) is 16.6 Å². The Hall–Kier alpha value is -0.430. The molecule has 0 atom stereocenters. The zero-order valence-electron chi connectivity index (χ0n) is 10.9. The van der Waals surface area contributed by atoms with Crippen LogP contribution >= 0.6 is 0 Å². The Morgan fingerprint density at radius 3 is 2.72 bits per heavy atom. The predicted molar refractivity (Wildman–Crippen MR) is 73.0 cm³/mol. The summed E-state index contributed by atoms with van der Waals surface area (Å²) in [5.41, 5.74) is 0. The molecule has 1 aliphatic heterocycles.